The molecule has 0 saturated carbocycles. The fourth-order valence-corrected chi connectivity index (χ4v) is 2.49. The fourth-order valence-electron chi connectivity index (χ4n) is 2.49. The van der Waals surface area contributed by atoms with Gasteiger partial charge >= 0.3 is 0 Å². The molecule has 1 N–H and O–H groups in total. The lowest BCUT2D eigenvalue weighted by Gasteiger charge is -2.30. The van der Waals surface area contributed by atoms with E-state index in [1.807, 2.05) is 6.07 Å². The van der Waals surface area contributed by atoms with Gasteiger partial charge in [0.05, 0.1) is 13.7 Å². The Hall–Kier alpha value is -1.06. The average Bonchev–Trinajstić information content (AvgIpc) is 2.35. The van der Waals surface area contributed by atoms with E-state index in [0.29, 0.717) is 5.92 Å². The first-order valence-electron chi connectivity index (χ1n) is 6.86. The van der Waals surface area contributed by atoms with Crippen molar-refractivity contribution in [1.82, 2.24) is 4.90 Å². The molecule has 1 aromatic rings. The summed E-state index contributed by atoms with van der Waals surface area (Å²) in [5, 5.41) is 9.49. The average molecular weight is 265 g/mol. The van der Waals surface area contributed by atoms with E-state index in [0.717, 1.165) is 12.3 Å². The number of methoxy groups -OCH3 is 1. The van der Waals surface area contributed by atoms with E-state index in [2.05, 4.69) is 45.7 Å². The Balaban J connectivity index is 2.91. The van der Waals surface area contributed by atoms with E-state index in [9.17, 15) is 5.11 Å². The molecule has 0 saturated heterocycles. The monoisotopic (exact) mass is 265 g/mol. The van der Waals surface area contributed by atoms with Crippen LogP contribution in [0.4, 0.5) is 0 Å². The largest absolute Gasteiger partial charge is 0.496 e. The number of hydrogen-bond acceptors (Lipinski definition) is 3. The lowest BCUT2D eigenvalue weighted by molar-refractivity contribution is 0.107. The van der Waals surface area contributed by atoms with Crippen molar-refractivity contribution in [2.24, 2.45) is 5.92 Å². The molecule has 0 aliphatic heterocycles. The Labute approximate surface area is 117 Å². The summed E-state index contributed by atoms with van der Waals surface area (Å²) >= 11 is 0. The molecule has 0 fully saturated rings. The molecule has 19 heavy (non-hydrogen) atoms. The van der Waals surface area contributed by atoms with Gasteiger partial charge in [-0.25, -0.2) is 0 Å². The van der Waals surface area contributed by atoms with E-state index in [4.69, 9.17) is 4.74 Å². The van der Waals surface area contributed by atoms with Gasteiger partial charge in [0, 0.05) is 12.6 Å². The molecular formula is C16H27NO2. The minimum Gasteiger partial charge on any atom is -0.496 e. The number of likely N-dealkylation sites (N-methyl/N-ethyl adjacent to an activating group) is 1. The molecule has 0 heterocycles. The first kappa shape index (κ1) is 16.0. The van der Waals surface area contributed by atoms with Crippen LogP contribution in [0.25, 0.3) is 0 Å². The molecule has 1 atom stereocenters. The SMILES string of the molecule is COc1ccc(CN(C)C(CO)C(C)C)c(C)c1C. The zero-order valence-corrected chi connectivity index (χ0v) is 13.0. The Bertz CT molecular complexity index is 415. The highest BCUT2D eigenvalue weighted by molar-refractivity contribution is 5.43. The molecule has 1 rings (SSSR count). The van der Waals surface area contributed by atoms with E-state index in [1.165, 1.54) is 16.7 Å². The Morgan fingerprint density at radius 3 is 2.32 bits per heavy atom. The zero-order chi connectivity index (χ0) is 14.6. The predicted molar refractivity (Wildman–Crippen MR) is 79.6 cm³/mol. The minimum atomic E-state index is 0.196. The summed E-state index contributed by atoms with van der Waals surface area (Å²) in [5.74, 6) is 1.38. The summed E-state index contributed by atoms with van der Waals surface area (Å²) in [4.78, 5) is 2.22. The molecule has 3 nitrogen and oxygen atoms in total. The van der Waals surface area contributed by atoms with E-state index >= 15 is 0 Å². The number of ether oxygens (including phenoxy) is 1. The molecule has 0 aliphatic carbocycles. The van der Waals surface area contributed by atoms with Crippen LogP contribution in [0.2, 0.25) is 0 Å². The van der Waals surface area contributed by atoms with Gasteiger partial charge in [0.15, 0.2) is 0 Å². The van der Waals surface area contributed by atoms with E-state index < -0.39 is 0 Å². The standard InChI is InChI=1S/C16H27NO2/c1-11(2)15(10-18)17(5)9-14-7-8-16(19-6)13(4)12(14)3/h7-8,11,15,18H,9-10H2,1-6H3. The first-order chi connectivity index (χ1) is 8.92. The number of aliphatic hydroxyl groups is 1. The highest BCUT2D eigenvalue weighted by Crippen LogP contribution is 2.25. The molecule has 1 unspecified atom stereocenters. The molecule has 108 valence electrons. The van der Waals surface area contributed by atoms with Crippen molar-refractivity contribution in [1.29, 1.82) is 0 Å². The smallest absolute Gasteiger partial charge is 0.122 e. The zero-order valence-electron chi connectivity index (χ0n) is 13.0. The van der Waals surface area contributed by atoms with Crippen molar-refractivity contribution in [3.63, 3.8) is 0 Å². The van der Waals surface area contributed by atoms with Gasteiger partial charge in [-0.1, -0.05) is 19.9 Å². The molecular weight excluding hydrogens is 238 g/mol. The Morgan fingerprint density at radius 1 is 1.21 bits per heavy atom. The molecule has 1 aromatic carbocycles. The van der Waals surface area contributed by atoms with E-state index in [1.54, 1.807) is 7.11 Å². The maximum absolute atomic E-state index is 9.49. The third-order valence-corrected chi connectivity index (χ3v) is 4.01. The lowest BCUT2D eigenvalue weighted by atomic mass is 9.99. The number of benzene rings is 1. The first-order valence-corrected chi connectivity index (χ1v) is 6.86. The summed E-state index contributed by atoms with van der Waals surface area (Å²) < 4.78 is 5.34. The van der Waals surface area contributed by atoms with Gasteiger partial charge in [-0.2, -0.15) is 0 Å². The topological polar surface area (TPSA) is 32.7 Å². The Morgan fingerprint density at radius 2 is 1.84 bits per heavy atom. The second-order valence-electron chi connectivity index (χ2n) is 5.59. The maximum Gasteiger partial charge on any atom is 0.122 e. The van der Waals surface area contributed by atoms with Gasteiger partial charge in [0.2, 0.25) is 0 Å². The summed E-state index contributed by atoms with van der Waals surface area (Å²) in [7, 11) is 3.77. The predicted octanol–water partition coefficient (Wildman–Crippen LogP) is 2.76. The van der Waals surface area contributed by atoms with Crippen LogP contribution in [0, 0.1) is 19.8 Å². The van der Waals surface area contributed by atoms with Gasteiger partial charge in [0.25, 0.3) is 0 Å². The summed E-state index contributed by atoms with van der Waals surface area (Å²) in [5.41, 5.74) is 3.75. The number of nitrogens with zero attached hydrogens (tertiary/aromatic N) is 1. The van der Waals surface area contributed by atoms with Gasteiger partial charge in [0.1, 0.15) is 5.75 Å². The quantitative estimate of drug-likeness (QED) is 0.858. The van der Waals surface area contributed by atoms with Gasteiger partial charge in [-0.15, -0.1) is 0 Å². The van der Waals surface area contributed by atoms with E-state index in [-0.39, 0.29) is 12.6 Å². The molecule has 0 amide bonds. The van der Waals surface area contributed by atoms with Crippen LogP contribution in [-0.2, 0) is 6.54 Å². The number of hydrogen-bond donors (Lipinski definition) is 1. The number of aliphatic hydroxyl groups excluding tert-OH is 1. The highest BCUT2D eigenvalue weighted by atomic mass is 16.5. The van der Waals surface area contributed by atoms with Crippen molar-refractivity contribution in [2.75, 3.05) is 20.8 Å². The molecule has 0 bridgehead atoms. The van der Waals surface area contributed by atoms with Crippen LogP contribution < -0.4 is 4.74 Å². The molecule has 0 spiro atoms. The van der Waals surface area contributed by atoms with Crippen LogP contribution in [-0.4, -0.2) is 36.8 Å². The van der Waals surface area contributed by atoms with Gasteiger partial charge in [-0.05, 0) is 49.6 Å². The Kier molecular flexibility index (Phi) is 5.83. The maximum atomic E-state index is 9.49. The van der Waals surface area contributed by atoms with Crippen LogP contribution in [0.15, 0.2) is 12.1 Å². The molecule has 0 aliphatic rings. The van der Waals surface area contributed by atoms with Crippen molar-refractivity contribution in [3.05, 3.63) is 28.8 Å². The van der Waals surface area contributed by atoms with Crippen LogP contribution in [0.3, 0.4) is 0 Å². The second-order valence-corrected chi connectivity index (χ2v) is 5.59. The number of rotatable bonds is 6. The fraction of sp³-hybridized carbons (Fsp3) is 0.625. The minimum absolute atomic E-state index is 0.196. The normalized spacial score (nSPS) is 13.1. The van der Waals surface area contributed by atoms with Crippen molar-refractivity contribution in [2.45, 2.75) is 40.3 Å². The molecule has 0 aromatic heterocycles. The van der Waals surface area contributed by atoms with Crippen LogP contribution in [0.1, 0.15) is 30.5 Å². The van der Waals surface area contributed by atoms with Crippen molar-refractivity contribution >= 4 is 0 Å². The highest BCUT2D eigenvalue weighted by Gasteiger charge is 2.18. The summed E-state index contributed by atoms with van der Waals surface area (Å²) in [6.45, 7) is 9.55. The third kappa shape index (κ3) is 3.71. The molecule has 3 heteroatoms. The molecule has 0 radical (unpaired) electrons. The van der Waals surface area contributed by atoms with Crippen molar-refractivity contribution in [3.8, 4) is 5.75 Å². The van der Waals surface area contributed by atoms with Crippen LogP contribution in [0.5, 0.6) is 5.75 Å². The van der Waals surface area contributed by atoms with Crippen molar-refractivity contribution < 1.29 is 9.84 Å². The third-order valence-electron chi connectivity index (χ3n) is 4.01. The van der Waals surface area contributed by atoms with Gasteiger partial charge in [-0.3, -0.25) is 4.90 Å². The second kappa shape index (κ2) is 6.92. The summed E-state index contributed by atoms with van der Waals surface area (Å²) in [6, 6.07) is 4.34. The van der Waals surface area contributed by atoms with Crippen LogP contribution >= 0.6 is 0 Å². The van der Waals surface area contributed by atoms with Gasteiger partial charge < -0.3 is 9.84 Å². The summed E-state index contributed by atoms with van der Waals surface area (Å²) in [6.07, 6.45) is 0. The lowest BCUT2D eigenvalue weighted by Crippen LogP contribution is -2.38.